The maximum atomic E-state index is 5.57. The first-order chi connectivity index (χ1) is 8.31. The van der Waals surface area contributed by atoms with E-state index in [1.165, 1.54) is 12.2 Å². The number of rotatable bonds is 9. The van der Waals surface area contributed by atoms with Crippen LogP contribution in [-0.4, -0.2) is 32.3 Å². The first-order valence-corrected chi connectivity index (χ1v) is 7.37. The Kier molecular flexibility index (Phi) is 7.23. The Labute approximate surface area is 108 Å². The molecule has 1 unspecified atom stereocenters. The van der Waals surface area contributed by atoms with Crippen molar-refractivity contribution >= 4 is 11.8 Å². The zero-order valence-electron chi connectivity index (χ0n) is 10.7. The highest BCUT2D eigenvalue weighted by Crippen LogP contribution is 2.08. The molecule has 0 radical (unpaired) electrons. The Hall–Kier alpha value is -0.590. The first kappa shape index (κ1) is 14.5. The van der Waals surface area contributed by atoms with Gasteiger partial charge in [-0.25, -0.2) is 4.98 Å². The molecule has 17 heavy (non-hydrogen) atoms. The van der Waals surface area contributed by atoms with E-state index < -0.39 is 0 Å². The minimum atomic E-state index is 0.270. The van der Waals surface area contributed by atoms with E-state index in [2.05, 4.69) is 29.4 Å². The zero-order chi connectivity index (χ0) is 12.5. The Morgan fingerprint density at radius 1 is 1.47 bits per heavy atom. The summed E-state index contributed by atoms with van der Waals surface area (Å²) >= 11 is 1.93. The second kappa shape index (κ2) is 8.49. The summed E-state index contributed by atoms with van der Waals surface area (Å²) in [4.78, 5) is 4.30. The normalized spacial score (nSPS) is 12.9. The van der Waals surface area contributed by atoms with E-state index in [0.717, 1.165) is 31.0 Å². The number of nitrogens with one attached hydrogen (secondary N) is 1. The van der Waals surface area contributed by atoms with Crippen LogP contribution in [0.2, 0.25) is 0 Å². The summed E-state index contributed by atoms with van der Waals surface area (Å²) in [6.07, 6.45) is 4.74. The van der Waals surface area contributed by atoms with E-state index in [9.17, 15) is 0 Å². The molecule has 0 saturated heterocycles. The Balaban J connectivity index is 2.45. The lowest BCUT2D eigenvalue weighted by atomic mass is 10.2. The number of hydrazine groups is 1. The summed E-state index contributed by atoms with van der Waals surface area (Å²) in [5.74, 6) is 8.79. The molecule has 0 bridgehead atoms. The van der Waals surface area contributed by atoms with Gasteiger partial charge in [0, 0.05) is 24.8 Å². The molecular formula is C11H23N5S. The van der Waals surface area contributed by atoms with Crippen LogP contribution in [-0.2, 0) is 13.0 Å². The molecule has 0 spiro atoms. The van der Waals surface area contributed by atoms with Gasteiger partial charge in [0.05, 0.1) is 0 Å². The molecule has 0 fully saturated rings. The van der Waals surface area contributed by atoms with Crippen molar-refractivity contribution < 1.29 is 0 Å². The third-order valence-corrected chi connectivity index (χ3v) is 3.80. The third-order valence-electron chi connectivity index (χ3n) is 2.46. The molecule has 1 rings (SSSR count). The fraction of sp³-hybridized carbons (Fsp3) is 0.818. The minimum Gasteiger partial charge on any atom is -0.271 e. The summed E-state index contributed by atoms with van der Waals surface area (Å²) in [6, 6.07) is 0.270. The molecule has 3 N–H and O–H groups in total. The Morgan fingerprint density at radius 2 is 2.29 bits per heavy atom. The highest BCUT2D eigenvalue weighted by atomic mass is 32.2. The lowest BCUT2D eigenvalue weighted by Crippen LogP contribution is -2.39. The van der Waals surface area contributed by atoms with E-state index in [1.54, 1.807) is 6.33 Å². The van der Waals surface area contributed by atoms with E-state index in [-0.39, 0.29) is 6.04 Å². The lowest BCUT2D eigenvalue weighted by molar-refractivity contribution is 0.513. The van der Waals surface area contributed by atoms with Crippen LogP contribution in [0.4, 0.5) is 0 Å². The molecule has 1 aromatic heterocycles. The molecule has 1 heterocycles. The zero-order valence-corrected chi connectivity index (χ0v) is 11.5. The highest BCUT2D eigenvalue weighted by Gasteiger charge is 2.12. The van der Waals surface area contributed by atoms with Crippen molar-refractivity contribution in [1.29, 1.82) is 0 Å². The van der Waals surface area contributed by atoms with Gasteiger partial charge in [0.1, 0.15) is 12.2 Å². The van der Waals surface area contributed by atoms with Gasteiger partial charge in [0.25, 0.3) is 0 Å². The number of aryl methyl sites for hydroxylation is 1. The van der Waals surface area contributed by atoms with Gasteiger partial charge >= 0.3 is 0 Å². The van der Waals surface area contributed by atoms with Crippen LogP contribution in [0.1, 0.15) is 32.5 Å². The number of aromatic nitrogens is 3. The van der Waals surface area contributed by atoms with Gasteiger partial charge < -0.3 is 0 Å². The molecule has 0 amide bonds. The van der Waals surface area contributed by atoms with Gasteiger partial charge in [-0.2, -0.15) is 16.9 Å². The highest BCUT2D eigenvalue weighted by molar-refractivity contribution is 7.99. The predicted molar refractivity (Wildman–Crippen MR) is 72.7 cm³/mol. The molecule has 98 valence electrons. The summed E-state index contributed by atoms with van der Waals surface area (Å²) < 4.78 is 1.97. The van der Waals surface area contributed by atoms with Crippen LogP contribution in [0.5, 0.6) is 0 Å². The number of thioether (sulfide) groups is 1. The maximum Gasteiger partial charge on any atom is 0.138 e. The van der Waals surface area contributed by atoms with Crippen molar-refractivity contribution in [3.63, 3.8) is 0 Å². The van der Waals surface area contributed by atoms with Crippen LogP contribution >= 0.6 is 11.8 Å². The van der Waals surface area contributed by atoms with Crippen molar-refractivity contribution in [2.24, 2.45) is 5.84 Å². The van der Waals surface area contributed by atoms with Crippen LogP contribution in [0.15, 0.2) is 6.33 Å². The second-order valence-electron chi connectivity index (χ2n) is 4.04. The van der Waals surface area contributed by atoms with E-state index in [4.69, 9.17) is 5.84 Å². The van der Waals surface area contributed by atoms with Crippen molar-refractivity contribution in [3.05, 3.63) is 12.2 Å². The Morgan fingerprint density at radius 3 is 2.94 bits per heavy atom. The molecule has 0 aliphatic rings. The molecule has 6 heteroatoms. The number of hydrogen-bond acceptors (Lipinski definition) is 5. The summed E-state index contributed by atoms with van der Waals surface area (Å²) in [5.41, 5.74) is 2.87. The number of nitrogens with zero attached hydrogens (tertiary/aromatic N) is 3. The largest absolute Gasteiger partial charge is 0.271 e. The third kappa shape index (κ3) is 5.06. The lowest BCUT2D eigenvalue weighted by Gasteiger charge is -2.15. The number of nitrogens with two attached hydrogens (primary N) is 1. The molecular weight excluding hydrogens is 234 g/mol. The first-order valence-electron chi connectivity index (χ1n) is 6.22. The predicted octanol–water partition coefficient (Wildman–Crippen LogP) is 1.21. The molecule has 1 aromatic rings. The summed E-state index contributed by atoms with van der Waals surface area (Å²) in [5, 5.41) is 4.22. The molecule has 0 aliphatic carbocycles. The molecule has 1 atom stereocenters. The van der Waals surface area contributed by atoms with Gasteiger partial charge in [-0.15, -0.1) is 0 Å². The molecule has 0 aromatic carbocycles. The van der Waals surface area contributed by atoms with Gasteiger partial charge in [-0.3, -0.25) is 16.0 Å². The quantitative estimate of drug-likeness (QED) is 0.395. The second-order valence-corrected chi connectivity index (χ2v) is 5.19. The van der Waals surface area contributed by atoms with Crippen molar-refractivity contribution in [1.82, 2.24) is 20.2 Å². The van der Waals surface area contributed by atoms with Crippen molar-refractivity contribution in [3.8, 4) is 0 Å². The number of hydrogen-bond donors (Lipinski definition) is 2. The fourth-order valence-corrected chi connectivity index (χ4v) is 2.55. The van der Waals surface area contributed by atoms with Crippen LogP contribution in [0.25, 0.3) is 0 Å². The minimum absolute atomic E-state index is 0.270. The van der Waals surface area contributed by atoms with Gasteiger partial charge in [-0.05, 0) is 18.6 Å². The average molecular weight is 257 g/mol. The van der Waals surface area contributed by atoms with Crippen molar-refractivity contribution in [2.75, 3.05) is 11.5 Å². The fourth-order valence-electron chi connectivity index (χ4n) is 1.60. The van der Waals surface area contributed by atoms with Crippen LogP contribution in [0.3, 0.4) is 0 Å². The van der Waals surface area contributed by atoms with Crippen LogP contribution in [0, 0.1) is 0 Å². The summed E-state index contributed by atoms with van der Waals surface area (Å²) in [6.45, 7) is 5.26. The van der Waals surface area contributed by atoms with Crippen molar-refractivity contribution in [2.45, 2.75) is 45.7 Å². The molecule has 0 aliphatic heterocycles. The monoisotopic (exact) mass is 257 g/mol. The Bertz CT molecular complexity index is 302. The SMILES string of the molecule is CCCSCC(Cc1ncnn1CCC)NN. The molecule has 0 saturated carbocycles. The molecule has 5 nitrogen and oxygen atoms in total. The standard InChI is InChI=1S/C11H23N5S/c1-3-5-16-11(13-9-14-16)7-10(15-12)8-17-6-4-2/h9-10,15H,3-8,12H2,1-2H3. The topological polar surface area (TPSA) is 68.8 Å². The van der Waals surface area contributed by atoms with Crippen LogP contribution < -0.4 is 11.3 Å². The summed E-state index contributed by atoms with van der Waals surface area (Å²) in [7, 11) is 0. The average Bonchev–Trinajstić information content (AvgIpc) is 2.76. The van der Waals surface area contributed by atoms with Gasteiger partial charge in [0.2, 0.25) is 0 Å². The van der Waals surface area contributed by atoms with Gasteiger partial charge in [0.15, 0.2) is 0 Å². The van der Waals surface area contributed by atoms with E-state index in [1.807, 2.05) is 16.4 Å². The maximum absolute atomic E-state index is 5.57. The smallest absolute Gasteiger partial charge is 0.138 e. The van der Waals surface area contributed by atoms with E-state index >= 15 is 0 Å². The van der Waals surface area contributed by atoms with E-state index in [0.29, 0.717) is 0 Å². The van der Waals surface area contributed by atoms with Gasteiger partial charge in [-0.1, -0.05) is 13.8 Å².